The second-order valence-electron chi connectivity index (χ2n) is 4.31. The van der Waals surface area contributed by atoms with Crippen LogP contribution in [0.2, 0.25) is 0 Å². The van der Waals surface area contributed by atoms with E-state index < -0.39 is 0 Å². The molecule has 0 aliphatic rings. The Kier molecular flexibility index (Phi) is 2.72. The molecule has 2 heterocycles. The molecule has 3 nitrogen and oxygen atoms in total. The summed E-state index contributed by atoms with van der Waals surface area (Å²) in [6.07, 6.45) is 3.62. The van der Waals surface area contributed by atoms with Crippen molar-refractivity contribution >= 4 is 32.4 Å². The quantitative estimate of drug-likeness (QED) is 0.750. The number of nitrogens with zero attached hydrogens (tertiary/aromatic N) is 2. The number of fused-ring (bicyclic) bond motifs is 1. The molecule has 3 rings (SSSR count). The van der Waals surface area contributed by atoms with Gasteiger partial charge in [-0.1, -0.05) is 17.4 Å². The summed E-state index contributed by atoms with van der Waals surface area (Å²) < 4.78 is 1.20. The number of benzene rings is 1. The minimum absolute atomic E-state index is 0.909. The van der Waals surface area contributed by atoms with Crippen LogP contribution in [0.3, 0.4) is 0 Å². The molecule has 0 fully saturated rings. The highest BCUT2D eigenvalue weighted by molar-refractivity contribution is 7.22. The molecular weight excluding hydrogens is 242 g/mol. The molecule has 0 bridgehead atoms. The van der Waals surface area contributed by atoms with Crippen molar-refractivity contribution in [3.63, 3.8) is 0 Å². The predicted octanol–water partition coefficient (Wildman–Crippen LogP) is 4.05. The monoisotopic (exact) mass is 255 g/mol. The average Bonchev–Trinajstić information content (AvgIpc) is 2.73. The maximum Gasteiger partial charge on any atom is 0.188 e. The molecule has 0 aliphatic heterocycles. The van der Waals surface area contributed by atoms with Crippen molar-refractivity contribution in [1.82, 2.24) is 9.97 Å². The largest absolute Gasteiger partial charge is 0.330 e. The highest BCUT2D eigenvalue weighted by Gasteiger charge is 2.05. The third-order valence-electron chi connectivity index (χ3n) is 2.82. The smallest absolute Gasteiger partial charge is 0.188 e. The van der Waals surface area contributed by atoms with Gasteiger partial charge in [-0.2, -0.15) is 0 Å². The van der Waals surface area contributed by atoms with Crippen molar-refractivity contribution in [3.8, 4) is 0 Å². The topological polar surface area (TPSA) is 37.8 Å². The van der Waals surface area contributed by atoms with Gasteiger partial charge in [0.15, 0.2) is 5.13 Å². The number of hydrogen-bond acceptors (Lipinski definition) is 4. The second-order valence-corrected chi connectivity index (χ2v) is 5.34. The van der Waals surface area contributed by atoms with Gasteiger partial charge in [-0.15, -0.1) is 0 Å². The molecular formula is C14H13N3S. The molecule has 1 aromatic carbocycles. The molecule has 4 heteroatoms. The first-order chi connectivity index (χ1) is 8.72. The zero-order valence-corrected chi connectivity index (χ0v) is 11.1. The van der Waals surface area contributed by atoms with Crippen LogP contribution in [0.25, 0.3) is 10.2 Å². The fraction of sp³-hybridized carbons (Fsp3) is 0.143. The van der Waals surface area contributed by atoms with Gasteiger partial charge in [0.1, 0.15) is 0 Å². The molecule has 0 saturated carbocycles. The van der Waals surface area contributed by atoms with Gasteiger partial charge in [-0.25, -0.2) is 4.98 Å². The van der Waals surface area contributed by atoms with Crippen LogP contribution in [0.1, 0.15) is 11.1 Å². The zero-order valence-electron chi connectivity index (χ0n) is 10.3. The summed E-state index contributed by atoms with van der Waals surface area (Å²) in [6, 6.07) is 8.32. The molecule has 1 N–H and O–H groups in total. The van der Waals surface area contributed by atoms with Gasteiger partial charge in [-0.3, -0.25) is 4.98 Å². The van der Waals surface area contributed by atoms with E-state index in [1.54, 1.807) is 17.5 Å². The van der Waals surface area contributed by atoms with Gasteiger partial charge in [0.25, 0.3) is 0 Å². The highest BCUT2D eigenvalue weighted by atomic mass is 32.1. The van der Waals surface area contributed by atoms with E-state index in [1.807, 2.05) is 12.3 Å². The Bertz CT molecular complexity index is 703. The first-order valence-corrected chi connectivity index (χ1v) is 6.59. The maximum absolute atomic E-state index is 4.59. The van der Waals surface area contributed by atoms with Gasteiger partial charge >= 0.3 is 0 Å². The average molecular weight is 255 g/mol. The molecule has 90 valence electrons. The van der Waals surface area contributed by atoms with Crippen LogP contribution in [-0.2, 0) is 0 Å². The number of hydrogen-bond donors (Lipinski definition) is 1. The van der Waals surface area contributed by atoms with E-state index in [1.165, 1.54) is 15.8 Å². The molecule has 3 aromatic rings. The predicted molar refractivity (Wildman–Crippen MR) is 76.6 cm³/mol. The lowest BCUT2D eigenvalue weighted by molar-refractivity contribution is 1.27. The Morgan fingerprint density at radius 3 is 2.89 bits per heavy atom. The second kappa shape index (κ2) is 4.38. The van der Waals surface area contributed by atoms with Crippen LogP contribution in [0.4, 0.5) is 10.8 Å². The lowest BCUT2D eigenvalue weighted by Crippen LogP contribution is -1.92. The van der Waals surface area contributed by atoms with Crippen LogP contribution >= 0.6 is 11.3 Å². The molecule has 0 atom stereocenters. The third-order valence-corrected chi connectivity index (χ3v) is 3.78. The molecule has 0 saturated heterocycles. The number of aryl methyl sites for hydroxylation is 2. The fourth-order valence-corrected chi connectivity index (χ4v) is 2.66. The Morgan fingerprint density at radius 2 is 2.06 bits per heavy atom. The zero-order chi connectivity index (χ0) is 12.5. The SMILES string of the molecule is Cc1ccc2sc(Nc3cnccc3C)nc2c1. The molecule has 0 spiro atoms. The summed E-state index contributed by atoms with van der Waals surface area (Å²) in [5.41, 5.74) is 4.45. The Balaban J connectivity index is 1.98. The molecule has 0 aliphatic carbocycles. The number of aromatic nitrogens is 2. The molecule has 2 aromatic heterocycles. The van der Waals surface area contributed by atoms with Crippen LogP contribution < -0.4 is 5.32 Å². The number of pyridine rings is 1. The van der Waals surface area contributed by atoms with Crippen molar-refractivity contribution in [3.05, 3.63) is 47.8 Å². The third kappa shape index (κ3) is 2.07. The summed E-state index contributed by atoms with van der Waals surface area (Å²) in [4.78, 5) is 8.71. The summed E-state index contributed by atoms with van der Waals surface area (Å²) in [5.74, 6) is 0. The lowest BCUT2D eigenvalue weighted by Gasteiger charge is -2.04. The minimum Gasteiger partial charge on any atom is -0.330 e. The Labute approximate surface area is 110 Å². The van der Waals surface area contributed by atoms with E-state index in [9.17, 15) is 0 Å². The van der Waals surface area contributed by atoms with Crippen molar-refractivity contribution in [1.29, 1.82) is 0 Å². The van der Waals surface area contributed by atoms with Gasteiger partial charge in [0, 0.05) is 6.20 Å². The lowest BCUT2D eigenvalue weighted by atomic mass is 10.2. The standard InChI is InChI=1S/C14H13N3S/c1-9-3-4-13-11(7-9)16-14(18-13)17-12-8-15-6-5-10(12)2/h3-8H,1-2H3,(H,16,17). The van der Waals surface area contributed by atoms with Gasteiger partial charge < -0.3 is 5.32 Å². The van der Waals surface area contributed by atoms with Crippen LogP contribution in [0, 0.1) is 13.8 Å². The molecule has 0 amide bonds. The first-order valence-electron chi connectivity index (χ1n) is 5.77. The van der Waals surface area contributed by atoms with Crippen molar-refractivity contribution < 1.29 is 0 Å². The van der Waals surface area contributed by atoms with E-state index in [4.69, 9.17) is 0 Å². The summed E-state index contributed by atoms with van der Waals surface area (Å²) in [7, 11) is 0. The van der Waals surface area contributed by atoms with Crippen molar-refractivity contribution in [2.24, 2.45) is 0 Å². The Hall–Kier alpha value is -1.94. The number of nitrogens with one attached hydrogen (secondary N) is 1. The summed E-state index contributed by atoms with van der Waals surface area (Å²) >= 11 is 1.66. The van der Waals surface area contributed by atoms with Gasteiger partial charge in [-0.05, 0) is 43.2 Å². The minimum atomic E-state index is 0.909. The van der Waals surface area contributed by atoms with E-state index in [2.05, 4.69) is 47.3 Å². The van der Waals surface area contributed by atoms with E-state index in [0.717, 1.165) is 16.3 Å². The molecule has 18 heavy (non-hydrogen) atoms. The summed E-state index contributed by atoms with van der Waals surface area (Å²) in [5, 5.41) is 4.23. The first kappa shape index (κ1) is 11.2. The number of anilines is 2. The van der Waals surface area contributed by atoms with Crippen LogP contribution in [0.15, 0.2) is 36.7 Å². The fourth-order valence-electron chi connectivity index (χ4n) is 1.80. The number of rotatable bonds is 2. The van der Waals surface area contributed by atoms with Gasteiger partial charge in [0.05, 0.1) is 22.1 Å². The van der Waals surface area contributed by atoms with Crippen molar-refractivity contribution in [2.75, 3.05) is 5.32 Å². The maximum atomic E-state index is 4.59. The van der Waals surface area contributed by atoms with E-state index in [0.29, 0.717) is 0 Å². The van der Waals surface area contributed by atoms with E-state index in [-0.39, 0.29) is 0 Å². The Morgan fingerprint density at radius 1 is 1.17 bits per heavy atom. The van der Waals surface area contributed by atoms with Crippen LogP contribution in [0.5, 0.6) is 0 Å². The van der Waals surface area contributed by atoms with Gasteiger partial charge in [0.2, 0.25) is 0 Å². The molecule has 0 radical (unpaired) electrons. The highest BCUT2D eigenvalue weighted by Crippen LogP contribution is 2.29. The normalized spacial score (nSPS) is 10.8. The summed E-state index contributed by atoms with van der Waals surface area (Å²) in [6.45, 7) is 4.14. The van der Waals surface area contributed by atoms with E-state index >= 15 is 0 Å². The van der Waals surface area contributed by atoms with Crippen molar-refractivity contribution in [2.45, 2.75) is 13.8 Å². The molecule has 0 unspecified atom stereocenters. The van der Waals surface area contributed by atoms with Crippen LogP contribution in [-0.4, -0.2) is 9.97 Å². The number of thiazole rings is 1.